The molecule has 3 rings (SSSR count). The van der Waals surface area contributed by atoms with Gasteiger partial charge in [0.15, 0.2) is 0 Å². The van der Waals surface area contributed by atoms with Gasteiger partial charge in [-0.3, -0.25) is 0 Å². The molecule has 4 nitrogen and oxygen atoms in total. The van der Waals surface area contributed by atoms with Crippen molar-refractivity contribution in [2.24, 2.45) is 0 Å². The first-order chi connectivity index (χ1) is 10.2. The molecule has 0 aromatic carbocycles. The molecule has 21 heavy (non-hydrogen) atoms. The lowest BCUT2D eigenvalue weighted by Gasteiger charge is -2.14. The SMILES string of the molecule is CCc1ccc2c(-c3ccnc(Cl)c3)c(CO)c(C)nn12. The highest BCUT2D eigenvalue weighted by Gasteiger charge is 2.16. The van der Waals surface area contributed by atoms with Gasteiger partial charge in [-0.1, -0.05) is 18.5 Å². The Kier molecular flexibility index (Phi) is 3.66. The molecule has 0 amide bonds. The number of pyridine rings is 1. The Morgan fingerprint density at radius 2 is 2.10 bits per heavy atom. The van der Waals surface area contributed by atoms with E-state index in [0.29, 0.717) is 5.15 Å². The van der Waals surface area contributed by atoms with E-state index >= 15 is 0 Å². The number of aromatic nitrogens is 3. The summed E-state index contributed by atoms with van der Waals surface area (Å²) in [6.45, 7) is 3.95. The first kappa shape index (κ1) is 14.0. The summed E-state index contributed by atoms with van der Waals surface area (Å²) >= 11 is 6.02. The fraction of sp³-hybridized carbons (Fsp3) is 0.250. The molecule has 1 N–H and O–H groups in total. The van der Waals surface area contributed by atoms with Crippen molar-refractivity contribution < 1.29 is 5.11 Å². The van der Waals surface area contributed by atoms with Crippen molar-refractivity contribution in [1.29, 1.82) is 0 Å². The second-order valence-electron chi connectivity index (χ2n) is 4.94. The summed E-state index contributed by atoms with van der Waals surface area (Å²) in [4.78, 5) is 4.03. The Morgan fingerprint density at radius 1 is 1.29 bits per heavy atom. The zero-order valence-electron chi connectivity index (χ0n) is 12.0. The third-order valence-electron chi connectivity index (χ3n) is 3.71. The molecular formula is C16H16ClN3O. The number of aliphatic hydroxyl groups is 1. The van der Waals surface area contributed by atoms with Gasteiger partial charge in [0.25, 0.3) is 0 Å². The van der Waals surface area contributed by atoms with E-state index in [9.17, 15) is 5.11 Å². The zero-order chi connectivity index (χ0) is 15.0. The smallest absolute Gasteiger partial charge is 0.129 e. The van der Waals surface area contributed by atoms with Gasteiger partial charge >= 0.3 is 0 Å². The van der Waals surface area contributed by atoms with Crippen molar-refractivity contribution in [2.75, 3.05) is 0 Å². The average Bonchev–Trinajstić information content (AvgIpc) is 2.88. The van der Waals surface area contributed by atoms with Crippen molar-refractivity contribution in [3.8, 4) is 11.1 Å². The maximum absolute atomic E-state index is 9.76. The average molecular weight is 302 g/mol. The molecule has 0 saturated heterocycles. The fourth-order valence-electron chi connectivity index (χ4n) is 2.67. The summed E-state index contributed by atoms with van der Waals surface area (Å²) in [5, 5.41) is 14.8. The highest BCUT2D eigenvalue weighted by molar-refractivity contribution is 6.29. The Balaban J connectivity index is 2.40. The van der Waals surface area contributed by atoms with Crippen LogP contribution in [0.15, 0.2) is 30.5 Å². The van der Waals surface area contributed by atoms with Crippen molar-refractivity contribution >= 4 is 17.1 Å². The second-order valence-corrected chi connectivity index (χ2v) is 5.33. The fourth-order valence-corrected chi connectivity index (χ4v) is 2.84. The van der Waals surface area contributed by atoms with E-state index in [0.717, 1.165) is 40.0 Å². The van der Waals surface area contributed by atoms with E-state index in [1.165, 1.54) is 0 Å². The molecule has 3 aromatic heterocycles. The van der Waals surface area contributed by atoms with Gasteiger partial charge in [-0.25, -0.2) is 9.50 Å². The molecule has 5 heteroatoms. The van der Waals surface area contributed by atoms with E-state index in [4.69, 9.17) is 11.6 Å². The minimum atomic E-state index is -0.0583. The van der Waals surface area contributed by atoms with Crippen LogP contribution in [-0.2, 0) is 13.0 Å². The highest BCUT2D eigenvalue weighted by atomic mass is 35.5. The standard InChI is InChI=1S/C16H16ClN3O/c1-3-12-4-5-14-16(11-6-7-18-15(17)8-11)13(9-21)10(2)19-20(12)14/h4-8,21H,3,9H2,1-2H3. The Hall–Kier alpha value is -1.91. The number of hydrogen-bond acceptors (Lipinski definition) is 3. The van der Waals surface area contributed by atoms with Gasteiger partial charge in [0.1, 0.15) is 5.15 Å². The molecule has 0 saturated carbocycles. The number of fused-ring (bicyclic) bond motifs is 1. The van der Waals surface area contributed by atoms with Crippen molar-refractivity contribution in [2.45, 2.75) is 26.9 Å². The minimum absolute atomic E-state index is 0.0583. The molecule has 0 fully saturated rings. The van der Waals surface area contributed by atoms with Crippen LogP contribution in [0.4, 0.5) is 0 Å². The van der Waals surface area contributed by atoms with Crippen LogP contribution >= 0.6 is 11.6 Å². The predicted octanol–water partition coefficient (Wildman–Crippen LogP) is 3.41. The van der Waals surface area contributed by atoms with Gasteiger partial charge in [0.05, 0.1) is 17.8 Å². The molecule has 3 aromatic rings. The number of aliphatic hydroxyl groups excluding tert-OH is 1. The first-order valence-electron chi connectivity index (χ1n) is 6.88. The summed E-state index contributed by atoms with van der Waals surface area (Å²) in [6.07, 6.45) is 2.57. The van der Waals surface area contributed by atoms with Gasteiger partial charge in [-0.2, -0.15) is 5.10 Å². The van der Waals surface area contributed by atoms with Gasteiger partial charge in [-0.05, 0) is 43.2 Å². The lowest BCUT2D eigenvalue weighted by atomic mass is 10.00. The lowest BCUT2D eigenvalue weighted by molar-refractivity contribution is 0.281. The van der Waals surface area contributed by atoms with E-state index in [1.54, 1.807) is 6.20 Å². The van der Waals surface area contributed by atoms with Crippen LogP contribution in [0.3, 0.4) is 0 Å². The van der Waals surface area contributed by atoms with E-state index < -0.39 is 0 Å². The topological polar surface area (TPSA) is 50.4 Å². The molecular weight excluding hydrogens is 286 g/mol. The van der Waals surface area contributed by atoms with Crippen molar-refractivity contribution in [3.63, 3.8) is 0 Å². The van der Waals surface area contributed by atoms with Crippen LogP contribution in [-0.4, -0.2) is 19.7 Å². The lowest BCUT2D eigenvalue weighted by Crippen LogP contribution is -2.05. The Bertz CT molecular complexity index is 811. The van der Waals surface area contributed by atoms with Crippen molar-refractivity contribution in [1.82, 2.24) is 14.6 Å². The van der Waals surface area contributed by atoms with Crippen LogP contribution in [0.2, 0.25) is 5.15 Å². The summed E-state index contributed by atoms with van der Waals surface area (Å²) < 4.78 is 1.94. The Morgan fingerprint density at radius 3 is 2.76 bits per heavy atom. The van der Waals surface area contributed by atoms with Gasteiger partial charge in [0.2, 0.25) is 0 Å². The van der Waals surface area contributed by atoms with Gasteiger partial charge in [0, 0.05) is 23.0 Å². The largest absolute Gasteiger partial charge is 0.392 e. The zero-order valence-corrected chi connectivity index (χ0v) is 12.7. The number of nitrogens with zero attached hydrogens (tertiary/aromatic N) is 3. The molecule has 0 aliphatic carbocycles. The highest BCUT2D eigenvalue weighted by Crippen LogP contribution is 2.32. The normalized spacial score (nSPS) is 11.2. The van der Waals surface area contributed by atoms with Gasteiger partial charge < -0.3 is 5.11 Å². The number of halogens is 1. The van der Waals surface area contributed by atoms with Crippen molar-refractivity contribution in [3.05, 3.63) is 52.6 Å². The second kappa shape index (κ2) is 5.47. The van der Waals surface area contributed by atoms with E-state index in [2.05, 4.69) is 23.1 Å². The third kappa shape index (κ3) is 2.30. The number of aryl methyl sites for hydroxylation is 2. The predicted molar refractivity (Wildman–Crippen MR) is 83.5 cm³/mol. The Labute approximate surface area is 128 Å². The molecule has 3 heterocycles. The summed E-state index contributed by atoms with van der Waals surface area (Å²) in [6, 6.07) is 7.82. The molecule has 0 aliphatic heterocycles. The molecule has 0 bridgehead atoms. The number of hydrogen-bond donors (Lipinski definition) is 1. The molecule has 0 aliphatic rings. The molecule has 0 unspecified atom stereocenters. The third-order valence-corrected chi connectivity index (χ3v) is 3.92. The van der Waals surface area contributed by atoms with E-state index in [-0.39, 0.29) is 6.61 Å². The number of rotatable bonds is 3. The van der Waals surface area contributed by atoms with Crippen LogP contribution < -0.4 is 0 Å². The molecule has 108 valence electrons. The van der Waals surface area contributed by atoms with E-state index in [1.807, 2.05) is 29.6 Å². The maximum atomic E-state index is 9.76. The molecule has 0 radical (unpaired) electrons. The summed E-state index contributed by atoms with van der Waals surface area (Å²) in [5.74, 6) is 0. The monoisotopic (exact) mass is 301 g/mol. The van der Waals surface area contributed by atoms with Gasteiger partial charge in [-0.15, -0.1) is 0 Å². The quantitative estimate of drug-likeness (QED) is 0.754. The van der Waals surface area contributed by atoms with Crippen LogP contribution in [0.25, 0.3) is 16.6 Å². The van der Waals surface area contributed by atoms with Crippen LogP contribution in [0.1, 0.15) is 23.9 Å². The minimum Gasteiger partial charge on any atom is -0.392 e. The maximum Gasteiger partial charge on any atom is 0.129 e. The van der Waals surface area contributed by atoms with Crippen LogP contribution in [0, 0.1) is 6.92 Å². The molecule has 0 atom stereocenters. The molecule has 0 spiro atoms. The first-order valence-corrected chi connectivity index (χ1v) is 7.26. The van der Waals surface area contributed by atoms with Crippen LogP contribution in [0.5, 0.6) is 0 Å². The summed E-state index contributed by atoms with van der Waals surface area (Å²) in [7, 11) is 0. The summed E-state index contributed by atoms with van der Waals surface area (Å²) in [5.41, 5.74) is 5.66.